The zero-order valence-electron chi connectivity index (χ0n) is 8.26. The first-order valence-electron chi connectivity index (χ1n) is 4.41. The smallest absolute Gasteiger partial charge is 0.323 e. The third-order valence-electron chi connectivity index (χ3n) is 1.98. The molecule has 0 aromatic heterocycles. The number of rotatable bonds is 2. The van der Waals surface area contributed by atoms with Gasteiger partial charge in [-0.05, 0) is 0 Å². The molecule has 2 fully saturated rings. The summed E-state index contributed by atoms with van der Waals surface area (Å²) in [7, 11) is 0. The van der Waals surface area contributed by atoms with E-state index >= 15 is 0 Å². The number of hydrogen-bond acceptors (Lipinski definition) is 6. The average Bonchev–Trinajstić information content (AvgIpc) is 2.71. The number of carbonyl (C=O) groups excluding carboxylic acids is 2. The number of thioether (sulfide) groups is 2. The van der Waals surface area contributed by atoms with Crippen molar-refractivity contribution < 1.29 is 19.5 Å². The van der Waals surface area contributed by atoms with Crippen LogP contribution >= 0.6 is 35.7 Å². The molecule has 0 aliphatic carbocycles. The van der Waals surface area contributed by atoms with Gasteiger partial charge in [-0.3, -0.25) is 19.3 Å². The topological polar surface area (TPSA) is 86.7 Å². The number of nitrogens with zero attached hydrogens (tertiary/aromatic N) is 1. The molecule has 2 rings (SSSR count). The van der Waals surface area contributed by atoms with Crippen LogP contribution < -0.4 is 5.32 Å². The molecule has 6 nitrogen and oxygen atoms in total. The molecule has 0 aromatic rings. The first-order valence-corrected chi connectivity index (χ1v) is 6.62. The molecule has 2 aliphatic rings. The fraction of sp³-hybridized carbons (Fsp3) is 0.250. The Labute approximate surface area is 110 Å². The van der Waals surface area contributed by atoms with Crippen molar-refractivity contribution in [3.8, 4) is 0 Å². The number of thiocarbonyl (C=S) groups is 1. The maximum atomic E-state index is 11.5. The van der Waals surface area contributed by atoms with E-state index in [0.717, 1.165) is 28.4 Å². The van der Waals surface area contributed by atoms with Gasteiger partial charge in [-0.15, -0.1) is 0 Å². The fourth-order valence-electron chi connectivity index (χ4n) is 1.34. The van der Waals surface area contributed by atoms with Crippen molar-refractivity contribution in [2.24, 2.45) is 0 Å². The molecule has 0 spiro atoms. The summed E-state index contributed by atoms with van der Waals surface area (Å²) in [6, 6.07) is 0. The Hall–Kier alpha value is -1.06. The van der Waals surface area contributed by atoms with Crippen LogP contribution in [-0.4, -0.2) is 44.4 Å². The molecule has 0 bridgehead atoms. The Morgan fingerprint density at radius 3 is 2.76 bits per heavy atom. The van der Waals surface area contributed by atoms with Crippen molar-refractivity contribution in [1.82, 2.24) is 10.2 Å². The Bertz CT molecular complexity index is 473. The highest BCUT2D eigenvalue weighted by molar-refractivity contribution is 8.27. The van der Waals surface area contributed by atoms with E-state index in [1.807, 2.05) is 0 Å². The van der Waals surface area contributed by atoms with Gasteiger partial charge in [-0.1, -0.05) is 35.7 Å². The van der Waals surface area contributed by atoms with Gasteiger partial charge in [0.05, 0.1) is 10.8 Å². The molecule has 2 heterocycles. The third-order valence-corrected chi connectivity index (χ3v) is 4.42. The summed E-state index contributed by atoms with van der Waals surface area (Å²) in [4.78, 5) is 35.1. The van der Waals surface area contributed by atoms with Gasteiger partial charge >= 0.3 is 5.97 Å². The average molecular weight is 290 g/mol. The van der Waals surface area contributed by atoms with Gasteiger partial charge in [0, 0.05) is 0 Å². The van der Waals surface area contributed by atoms with Gasteiger partial charge in [-0.2, -0.15) is 0 Å². The normalized spacial score (nSPS) is 24.5. The van der Waals surface area contributed by atoms with E-state index in [9.17, 15) is 14.4 Å². The van der Waals surface area contributed by atoms with Crippen LogP contribution in [0.1, 0.15) is 0 Å². The summed E-state index contributed by atoms with van der Waals surface area (Å²) in [5.74, 6) is -1.67. The first kappa shape index (κ1) is 12.4. The lowest BCUT2D eigenvalue weighted by molar-refractivity contribution is -0.141. The van der Waals surface area contributed by atoms with Crippen LogP contribution in [0.3, 0.4) is 0 Å². The van der Waals surface area contributed by atoms with E-state index in [1.54, 1.807) is 0 Å². The first-order chi connectivity index (χ1) is 7.99. The largest absolute Gasteiger partial charge is 0.480 e. The van der Waals surface area contributed by atoms with E-state index in [0.29, 0.717) is 14.3 Å². The summed E-state index contributed by atoms with van der Waals surface area (Å²) >= 11 is 7.03. The van der Waals surface area contributed by atoms with Crippen LogP contribution in [0.15, 0.2) is 9.93 Å². The second-order valence-electron chi connectivity index (χ2n) is 3.14. The second-order valence-corrected chi connectivity index (χ2v) is 5.79. The molecule has 0 unspecified atom stereocenters. The Kier molecular flexibility index (Phi) is 3.40. The molecule has 2 saturated heterocycles. The number of carbonyl (C=O) groups is 3. The van der Waals surface area contributed by atoms with Gasteiger partial charge in [0.25, 0.3) is 5.91 Å². The van der Waals surface area contributed by atoms with Crippen molar-refractivity contribution >= 4 is 57.8 Å². The Morgan fingerprint density at radius 2 is 2.24 bits per heavy atom. The van der Waals surface area contributed by atoms with E-state index in [4.69, 9.17) is 17.3 Å². The molecule has 9 heteroatoms. The SMILES string of the molecule is O=C(O)CN1C(=O)CS/C1=C1/SC(=S)NC1=O. The summed E-state index contributed by atoms with van der Waals surface area (Å²) < 4.78 is 0.313. The lowest BCUT2D eigenvalue weighted by atomic mass is 10.4. The van der Waals surface area contributed by atoms with Crippen LogP contribution in [0, 0.1) is 0 Å². The third kappa shape index (κ3) is 2.45. The van der Waals surface area contributed by atoms with Crippen LogP contribution in [0.2, 0.25) is 0 Å². The minimum atomic E-state index is -1.12. The molecule has 2 N–H and O–H groups in total. The number of hydrogen-bond donors (Lipinski definition) is 2. The number of nitrogens with one attached hydrogen (secondary N) is 1. The molecule has 0 radical (unpaired) electrons. The summed E-state index contributed by atoms with van der Waals surface area (Å²) in [5, 5.41) is 11.5. The molecule has 17 heavy (non-hydrogen) atoms. The van der Waals surface area contributed by atoms with E-state index in [2.05, 4.69) is 5.32 Å². The Balaban J connectivity index is 2.33. The summed E-state index contributed by atoms with van der Waals surface area (Å²) in [6.45, 7) is -0.439. The van der Waals surface area contributed by atoms with Gasteiger partial charge in [0.1, 0.15) is 15.8 Å². The maximum absolute atomic E-state index is 11.5. The molecular formula is C8H6N2O4S3. The number of aliphatic carboxylic acids is 1. The highest BCUT2D eigenvalue weighted by Crippen LogP contribution is 2.38. The second kappa shape index (κ2) is 4.67. The number of amides is 2. The lowest BCUT2D eigenvalue weighted by Crippen LogP contribution is -2.31. The van der Waals surface area contributed by atoms with Crippen molar-refractivity contribution in [3.05, 3.63) is 9.93 Å². The minimum Gasteiger partial charge on any atom is -0.480 e. The van der Waals surface area contributed by atoms with Crippen LogP contribution in [-0.2, 0) is 14.4 Å². The van der Waals surface area contributed by atoms with Gasteiger partial charge < -0.3 is 10.4 Å². The standard InChI is InChI=1S/C8H6N2O4S3/c11-3-2-16-7(10(3)1-4(12)13)5-6(14)9-8(15)17-5/h1-2H2,(H,12,13)(H,9,14,15)/b7-5+. The predicted octanol–water partition coefficient (Wildman–Crippen LogP) is -0.0366. The molecule has 2 amide bonds. The minimum absolute atomic E-state index is 0.146. The van der Waals surface area contributed by atoms with Gasteiger partial charge in [0.2, 0.25) is 5.91 Å². The predicted molar refractivity (Wildman–Crippen MR) is 67.2 cm³/mol. The maximum Gasteiger partial charge on any atom is 0.323 e. The van der Waals surface area contributed by atoms with Crippen molar-refractivity contribution in [1.29, 1.82) is 0 Å². The highest BCUT2D eigenvalue weighted by atomic mass is 32.2. The van der Waals surface area contributed by atoms with E-state index in [-0.39, 0.29) is 17.6 Å². The quantitative estimate of drug-likeness (QED) is 0.545. The molecule has 0 atom stereocenters. The molecular weight excluding hydrogens is 284 g/mol. The van der Waals surface area contributed by atoms with Crippen LogP contribution in [0.5, 0.6) is 0 Å². The molecule has 2 aliphatic heterocycles. The van der Waals surface area contributed by atoms with Gasteiger partial charge in [-0.25, -0.2) is 0 Å². The monoisotopic (exact) mass is 290 g/mol. The fourth-order valence-corrected chi connectivity index (χ4v) is 3.61. The summed E-state index contributed by atoms with van der Waals surface area (Å²) in [5.41, 5.74) is 0. The summed E-state index contributed by atoms with van der Waals surface area (Å²) in [6.07, 6.45) is 0. The van der Waals surface area contributed by atoms with Crippen molar-refractivity contribution in [3.63, 3.8) is 0 Å². The lowest BCUT2D eigenvalue weighted by Gasteiger charge is -2.14. The van der Waals surface area contributed by atoms with Crippen molar-refractivity contribution in [2.75, 3.05) is 12.3 Å². The Morgan fingerprint density at radius 1 is 1.53 bits per heavy atom. The zero-order valence-corrected chi connectivity index (χ0v) is 10.7. The van der Waals surface area contributed by atoms with Crippen LogP contribution in [0.4, 0.5) is 0 Å². The molecule has 0 aromatic carbocycles. The van der Waals surface area contributed by atoms with E-state index in [1.165, 1.54) is 0 Å². The van der Waals surface area contributed by atoms with Crippen molar-refractivity contribution in [2.45, 2.75) is 0 Å². The highest BCUT2D eigenvalue weighted by Gasteiger charge is 2.36. The number of carboxylic acids is 1. The zero-order chi connectivity index (χ0) is 12.6. The number of carboxylic acid groups (broad SMARTS) is 1. The van der Waals surface area contributed by atoms with Gasteiger partial charge in [0.15, 0.2) is 0 Å². The molecule has 0 saturated carbocycles. The van der Waals surface area contributed by atoms with E-state index < -0.39 is 12.5 Å². The van der Waals surface area contributed by atoms with Crippen LogP contribution in [0.25, 0.3) is 0 Å². The molecule has 90 valence electrons.